The van der Waals surface area contributed by atoms with Gasteiger partial charge in [0.25, 0.3) is 0 Å². The molecule has 0 atom stereocenters. The van der Waals surface area contributed by atoms with E-state index in [4.69, 9.17) is 4.74 Å². The van der Waals surface area contributed by atoms with Crippen LogP contribution in [0.4, 0.5) is 4.39 Å². The fourth-order valence-electron chi connectivity index (χ4n) is 2.10. The molecule has 3 aromatic rings. The Bertz CT molecular complexity index is 783. The van der Waals surface area contributed by atoms with Gasteiger partial charge < -0.3 is 4.74 Å². The van der Waals surface area contributed by atoms with Crippen LogP contribution in [0, 0.1) is 12.7 Å². The minimum Gasteiger partial charge on any atom is -0.494 e. The average molecular weight is 298 g/mol. The van der Waals surface area contributed by atoms with Gasteiger partial charge in [0.2, 0.25) is 5.82 Å². The number of benzene rings is 2. The molecule has 2 aromatic carbocycles. The van der Waals surface area contributed by atoms with Crippen LogP contribution in [0.15, 0.2) is 42.5 Å². The van der Waals surface area contributed by atoms with Gasteiger partial charge in [-0.2, -0.15) is 4.80 Å². The van der Waals surface area contributed by atoms with E-state index in [1.54, 1.807) is 12.1 Å². The van der Waals surface area contributed by atoms with E-state index in [-0.39, 0.29) is 5.75 Å². The van der Waals surface area contributed by atoms with Gasteiger partial charge >= 0.3 is 0 Å². The Balaban J connectivity index is 1.79. The summed E-state index contributed by atoms with van der Waals surface area (Å²) in [5.74, 6) is 0.364. The number of hydrogen-bond donors (Lipinski definition) is 0. The minimum atomic E-state index is -0.404. The maximum absolute atomic E-state index is 13.7. The number of aryl methyl sites for hydroxylation is 1. The molecule has 0 aliphatic rings. The summed E-state index contributed by atoms with van der Waals surface area (Å²) in [5, 5.41) is 12.4. The van der Waals surface area contributed by atoms with Crippen LogP contribution in [0.25, 0.3) is 11.4 Å². The molecule has 0 N–H and O–H groups in total. The second-order valence-electron chi connectivity index (χ2n) is 4.98. The summed E-state index contributed by atoms with van der Waals surface area (Å²) in [5.41, 5.74) is 2.81. The first-order valence-corrected chi connectivity index (χ1v) is 6.83. The zero-order valence-electron chi connectivity index (χ0n) is 12.3. The molecule has 5 nitrogen and oxygen atoms in total. The van der Waals surface area contributed by atoms with Crippen LogP contribution in [0.2, 0.25) is 0 Å². The van der Waals surface area contributed by atoms with Gasteiger partial charge in [0.15, 0.2) is 11.6 Å². The van der Waals surface area contributed by atoms with Crippen LogP contribution in [0.3, 0.4) is 0 Å². The Morgan fingerprint density at radius 3 is 2.59 bits per heavy atom. The summed E-state index contributed by atoms with van der Waals surface area (Å²) in [4.78, 5) is 1.44. The summed E-state index contributed by atoms with van der Waals surface area (Å²) in [6.45, 7) is 2.37. The first kappa shape index (κ1) is 14.2. The monoisotopic (exact) mass is 298 g/mol. The molecule has 0 bridgehead atoms. The Kier molecular flexibility index (Phi) is 3.82. The SMILES string of the molecule is COc1ccc(Cn2nnc(-c3ccc(C)cc3)n2)cc1F. The zero-order chi connectivity index (χ0) is 15.5. The quantitative estimate of drug-likeness (QED) is 0.743. The highest BCUT2D eigenvalue weighted by Gasteiger charge is 2.08. The maximum Gasteiger partial charge on any atom is 0.204 e. The molecule has 0 spiro atoms. The van der Waals surface area contributed by atoms with Gasteiger partial charge in [0.05, 0.1) is 13.7 Å². The van der Waals surface area contributed by atoms with Crippen molar-refractivity contribution in [3.05, 3.63) is 59.4 Å². The molecule has 3 rings (SSSR count). The van der Waals surface area contributed by atoms with E-state index in [0.717, 1.165) is 11.1 Å². The number of aromatic nitrogens is 4. The van der Waals surface area contributed by atoms with Crippen LogP contribution in [0.1, 0.15) is 11.1 Å². The first-order valence-electron chi connectivity index (χ1n) is 6.83. The number of hydrogen-bond acceptors (Lipinski definition) is 4. The second-order valence-corrected chi connectivity index (χ2v) is 4.98. The van der Waals surface area contributed by atoms with Crippen molar-refractivity contribution in [2.75, 3.05) is 7.11 Å². The van der Waals surface area contributed by atoms with Crippen LogP contribution < -0.4 is 4.74 Å². The van der Waals surface area contributed by atoms with Crippen molar-refractivity contribution < 1.29 is 9.13 Å². The average Bonchev–Trinajstić information content (AvgIpc) is 2.97. The third-order valence-electron chi connectivity index (χ3n) is 3.30. The maximum atomic E-state index is 13.7. The molecular formula is C16H15FN4O. The van der Waals surface area contributed by atoms with Crippen LogP contribution >= 0.6 is 0 Å². The molecule has 0 fully saturated rings. The minimum absolute atomic E-state index is 0.218. The summed E-state index contributed by atoms with van der Waals surface area (Å²) < 4.78 is 18.6. The Hall–Kier alpha value is -2.76. The number of tetrazole rings is 1. The van der Waals surface area contributed by atoms with Gasteiger partial charge in [-0.3, -0.25) is 0 Å². The lowest BCUT2D eigenvalue weighted by atomic mass is 10.1. The molecule has 0 aliphatic heterocycles. The largest absolute Gasteiger partial charge is 0.494 e. The Morgan fingerprint density at radius 2 is 1.91 bits per heavy atom. The second kappa shape index (κ2) is 5.93. The lowest BCUT2D eigenvalue weighted by molar-refractivity contribution is 0.386. The molecule has 0 saturated carbocycles. The van der Waals surface area contributed by atoms with E-state index < -0.39 is 5.82 Å². The highest BCUT2D eigenvalue weighted by molar-refractivity contribution is 5.54. The molecule has 112 valence electrons. The van der Waals surface area contributed by atoms with Crippen molar-refractivity contribution in [2.45, 2.75) is 13.5 Å². The molecule has 6 heteroatoms. The highest BCUT2D eigenvalue weighted by atomic mass is 19.1. The first-order chi connectivity index (χ1) is 10.7. The van der Waals surface area contributed by atoms with Crippen LogP contribution in [0.5, 0.6) is 5.75 Å². The molecule has 1 aromatic heterocycles. The van der Waals surface area contributed by atoms with E-state index in [0.29, 0.717) is 12.4 Å². The molecule has 0 saturated heterocycles. The fourth-order valence-corrected chi connectivity index (χ4v) is 2.10. The van der Waals surface area contributed by atoms with Gasteiger partial charge in [-0.05, 0) is 29.8 Å². The van der Waals surface area contributed by atoms with Crippen LogP contribution in [-0.2, 0) is 6.54 Å². The van der Waals surface area contributed by atoms with E-state index in [1.165, 1.54) is 23.5 Å². The lowest BCUT2D eigenvalue weighted by Gasteiger charge is -2.04. The van der Waals surface area contributed by atoms with Gasteiger partial charge in [-0.1, -0.05) is 35.9 Å². The van der Waals surface area contributed by atoms with Crippen molar-refractivity contribution in [1.82, 2.24) is 20.2 Å². The van der Waals surface area contributed by atoms with E-state index in [2.05, 4.69) is 15.4 Å². The van der Waals surface area contributed by atoms with Crippen molar-refractivity contribution in [3.8, 4) is 17.1 Å². The molecule has 0 unspecified atom stereocenters. The number of ether oxygens (including phenoxy) is 1. The number of methoxy groups -OCH3 is 1. The Morgan fingerprint density at radius 1 is 1.14 bits per heavy atom. The predicted molar refractivity (Wildman–Crippen MR) is 80.0 cm³/mol. The topological polar surface area (TPSA) is 52.8 Å². The van der Waals surface area contributed by atoms with Gasteiger partial charge in [0, 0.05) is 5.56 Å². The van der Waals surface area contributed by atoms with Crippen LogP contribution in [-0.4, -0.2) is 27.3 Å². The predicted octanol–water partition coefficient (Wildman–Crippen LogP) is 2.84. The molecule has 0 aliphatic carbocycles. The van der Waals surface area contributed by atoms with Crippen molar-refractivity contribution in [1.29, 1.82) is 0 Å². The molecule has 1 heterocycles. The van der Waals surface area contributed by atoms with Gasteiger partial charge in [0.1, 0.15) is 0 Å². The molecular weight excluding hydrogens is 283 g/mol. The van der Waals surface area contributed by atoms with Gasteiger partial charge in [-0.25, -0.2) is 4.39 Å². The number of nitrogens with zero attached hydrogens (tertiary/aromatic N) is 4. The van der Waals surface area contributed by atoms with Crippen molar-refractivity contribution in [3.63, 3.8) is 0 Å². The Labute approximate surface area is 127 Å². The summed E-state index contributed by atoms with van der Waals surface area (Å²) in [6.07, 6.45) is 0. The smallest absolute Gasteiger partial charge is 0.204 e. The lowest BCUT2D eigenvalue weighted by Crippen LogP contribution is -2.04. The third-order valence-corrected chi connectivity index (χ3v) is 3.30. The van der Waals surface area contributed by atoms with E-state index >= 15 is 0 Å². The zero-order valence-corrected chi connectivity index (χ0v) is 12.3. The molecule has 0 radical (unpaired) electrons. The van der Waals surface area contributed by atoms with Crippen molar-refractivity contribution >= 4 is 0 Å². The van der Waals surface area contributed by atoms with Crippen molar-refractivity contribution in [2.24, 2.45) is 0 Å². The summed E-state index contributed by atoms with van der Waals surface area (Å²) in [7, 11) is 1.44. The van der Waals surface area contributed by atoms with E-state index in [1.807, 2.05) is 31.2 Å². The standard InChI is InChI=1S/C16H15FN4O/c1-11-3-6-13(7-4-11)16-18-20-21(19-16)10-12-5-8-15(22-2)14(17)9-12/h3-9H,10H2,1-2H3. The summed E-state index contributed by atoms with van der Waals surface area (Å²) >= 11 is 0. The molecule has 22 heavy (non-hydrogen) atoms. The highest BCUT2D eigenvalue weighted by Crippen LogP contribution is 2.18. The van der Waals surface area contributed by atoms with Gasteiger partial charge in [-0.15, -0.1) is 10.2 Å². The molecule has 0 amide bonds. The van der Waals surface area contributed by atoms with E-state index in [9.17, 15) is 4.39 Å². The summed E-state index contributed by atoms with van der Waals surface area (Å²) in [6, 6.07) is 12.7. The third kappa shape index (κ3) is 2.95. The normalized spacial score (nSPS) is 10.7. The number of halogens is 1. The number of rotatable bonds is 4. The fraction of sp³-hybridized carbons (Fsp3) is 0.188.